The first-order valence-electron chi connectivity index (χ1n) is 4.60. The molecule has 0 bridgehead atoms. The quantitative estimate of drug-likeness (QED) is 0.676. The largest absolute Gasteiger partial charge is 0.301 e. The van der Waals surface area contributed by atoms with Crippen LogP contribution >= 0.6 is 11.8 Å². The van der Waals surface area contributed by atoms with Crippen LogP contribution in [0.15, 0.2) is 0 Å². The highest BCUT2D eigenvalue weighted by atomic mass is 32.2. The Morgan fingerprint density at radius 3 is 3.08 bits per heavy atom. The molecule has 2 nitrogen and oxygen atoms in total. The summed E-state index contributed by atoms with van der Waals surface area (Å²) >= 11 is 2.03. The summed E-state index contributed by atoms with van der Waals surface area (Å²) < 4.78 is 0. The molecule has 0 amide bonds. The summed E-state index contributed by atoms with van der Waals surface area (Å²) in [6.45, 7) is 2.70. The highest BCUT2D eigenvalue weighted by Gasteiger charge is 2.26. The van der Waals surface area contributed by atoms with Gasteiger partial charge >= 0.3 is 0 Å². The van der Waals surface area contributed by atoms with Crippen molar-refractivity contribution in [1.29, 1.82) is 5.26 Å². The Balaban J connectivity index is 2.26. The number of nitriles is 1. The molecule has 1 fully saturated rings. The summed E-state index contributed by atoms with van der Waals surface area (Å²) in [4.78, 5) is 0. The maximum Gasteiger partial charge on any atom is 0.0843 e. The van der Waals surface area contributed by atoms with Crippen LogP contribution in [-0.4, -0.2) is 23.6 Å². The zero-order valence-electron chi connectivity index (χ0n) is 7.55. The first kappa shape index (κ1) is 9.88. The van der Waals surface area contributed by atoms with Crippen molar-refractivity contribution in [3.05, 3.63) is 0 Å². The molecule has 1 saturated carbocycles. The molecule has 0 aromatic carbocycles. The summed E-state index contributed by atoms with van der Waals surface area (Å²) in [5.74, 6) is 1.19. The van der Waals surface area contributed by atoms with Gasteiger partial charge in [0.2, 0.25) is 0 Å². The van der Waals surface area contributed by atoms with Gasteiger partial charge in [0.05, 0.1) is 12.6 Å². The molecule has 3 heteroatoms. The minimum Gasteiger partial charge on any atom is -0.301 e. The smallest absolute Gasteiger partial charge is 0.0843 e. The molecule has 0 heterocycles. The third-order valence-electron chi connectivity index (χ3n) is 2.28. The molecular weight excluding hydrogens is 168 g/mol. The van der Waals surface area contributed by atoms with Crippen molar-refractivity contribution in [2.75, 3.05) is 12.3 Å². The van der Waals surface area contributed by atoms with E-state index in [0.717, 1.165) is 5.25 Å². The maximum absolute atomic E-state index is 8.42. The molecule has 1 rings (SSSR count). The van der Waals surface area contributed by atoms with Gasteiger partial charge in [0.1, 0.15) is 0 Å². The van der Waals surface area contributed by atoms with Gasteiger partial charge in [0, 0.05) is 11.3 Å². The van der Waals surface area contributed by atoms with Crippen LogP contribution in [-0.2, 0) is 0 Å². The molecule has 2 atom stereocenters. The van der Waals surface area contributed by atoms with E-state index >= 15 is 0 Å². The van der Waals surface area contributed by atoms with E-state index in [1.807, 2.05) is 11.8 Å². The van der Waals surface area contributed by atoms with Crippen molar-refractivity contribution in [2.45, 2.75) is 37.5 Å². The van der Waals surface area contributed by atoms with Crippen molar-refractivity contribution >= 4 is 11.8 Å². The fourth-order valence-electron chi connectivity index (χ4n) is 1.75. The molecule has 0 saturated heterocycles. The third kappa shape index (κ3) is 2.69. The van der Waals surface area contributed by atoms with Gasteiger partial charge in [0.25, 0.3) is 0 Å². The second kappa shape index (κ2) is 5.45. The number of rotatable bonds is 4. The van der Waals surface area contributed by atoms with Gasteiger partial charge in [-0.25, -0.2) is 0 Å². The molecule has 0 radical (unpaired) electrons. The fourth-order valence-corrected chi connectivity index (χ4v) is 2.98. The summed E-state index contributed by atoms with van der Waals surface area (Å²) in [5, 5.41) is 12.5. The van der Waals surface area contributed by atoms with Crippen LogP contribution in [0.1, 0.15) is 26.2 Å². The Kier molecular flexibility index (Phi) is 4.49. The van der Waals surface area contributed by atoms with E-state index in [1.165, 1.54) is 25.0 Å². The predicted molar refractivity (Wildman–Crippen MR) is 53.2 cm³/mol. The molecule has 2 unspecified atom stereocenters. The lowest BCUT2D eigenvalue weighted by Crippen LogP contribution is -2.34. The monoisotopic (exact) mass is 184 g/mol. The van der Waals surface area contributed by atoms with Crippen LogP contribution in [0.25, 0.3) is 0 Å². The number of nitrogens with one attached hydrogen (secondary N) is 1. The van der Waals surface area contributed by atoms with E-state index in [0.29, 0.717) is 12.6 Å². The Morgan fingerprint density at radius 1 is 1.58 bits per heavy atom. The van der Waals surface area contributed by atoms with Gasteiger partial charge in [-0.1, -0.05) is 13.3 Å². The third-order valence-corrected chi connectivity index (χ3v) is 3.60. The van der Waals surface area contributed by atoms with Crippen molar-refractivity contribution in [2.24, 2.45) is 0 Å². The fraction of sp³-hybridized carbons (Fsp3) is 0.889. The second-order valence-electron chi connectivity index (χ2n) is 3.07. The minimum atomic E-state index is 0.505. The first-order valence-corrected chi connectivity index (χ1v) is 5.65. The predicted octanol–water partition coefficient (Wildman–Crippen LogP) is 1.77. The molecule has 0 aliphatic heterocycles. The highest BCUT2D eigenvalue weighted by molar-refractivity contribution is 7.99. The Hall–Kier alpha value is -0.200. The normalized spacial score (nSPS) is 28.7. The van der Waals surface area contributed by atoms with Crippen LogP contribution in [0, 0.1) is 11.3 Å². The Bertz CT molecular complexity index is 164. The van der Waals surface area contributed by atoms with E-state index in [2.05, 4.69) is 18.3 Å². The topological polar surface area (TPSA) is 35.8 Å². The van der Waals surface area contributed by atoms with Gasteiger partial charge < -0.3 is 5.32 Å². The lowest BCUT2D eigenvalue weighted by molar-refractivity contribution is 0.568. The summed E-state index contributed by atoms with van der Waals surface area (Å²) in [5.41, 5.74) is 0. The van der Waals surface area contributed by atoms with Crippen molar-refractivity contribution < 1.29 is 0 Å². The van der Waals surface area contributed by atoms with Crippen LogP contribution in [0.4, 0.5) is 0 Å². The molecule has 1 N–H and O–H groups in total. The van der Waals surface area contributed by atoms with Gasteiger partial charge in [-0.15, -0.1) is 0 Å². The molecular formula is C9H16N2S. The second-order valence-corrected chi connectivity index (χ2v) is 4.59. The molecule has 0 aromatic rings. The molecule has 12 heavy (non-hydrogen) atoms. The van der Waals surface area contributed by atoms with Crippen LogP contribution in [0.2, 0.25) is 0 Å². The lowest BCUT2D eigenvalue weighted by atomic mass is 10.2. The standard InChI is InChI=1S/C9H16N2S/c1-2-12-9-5-3-4-8(9)11-7-6-10/h8-9,11H,2-5,7H2,1H3. The summed E-state index contributed by atoms with van der Waals surface area (Å²) in [7, 11) is 0. The van der Waals surface area contributed by atoms with E-state index in [1.54, 1.807) is 0 Å². The van der Waals surface area contributed by atoms with Crippen LogP contribution in [0.5, 0.6) is 0 Å². The Morgan fingerprint density at radius 2 is 2.42 bits per heavy atom. The lowest BCUT2D eigenvalue weighted by Gasteiger charge is -2.18. The molecule has 1 aliphatic rings. The van der Waals surface area contributed by atoms with Crippen molar-refractivity contribution in [1.82, 2.24) is 5.32 Å². The van der Waals surface area contributed by atoms with Gasteiger partial charge in [-0.3, -0.25) is 0 Å². The van der Waals surface area contributed by atoms with Gasteiger partial charge in [-0.2, -0.15) is 17.0 Å². The van der Waals surface area contributed by atoms with Crippen molar-refractivity contribution in [3.8, 4) is 6.07 Å². The van der Waals surface area contributed by atoms with Gasteiger partial charge in [0.15, 0.2) is 0 Å². The zero-order chi connectivity index (χ0) is 8.81. The first-order chi connectivity index (χ1) is 5.88. The molecule has 1 aliphatic carbocycles. The SMILES string of the molecule is CCSC1CCCC1NCC#N. The van der Waals surface area contributed by atoms with E-state index in [9.17, 15) is 0 Å². The number of thioether (sulfide) groups is 1. The molecule has 0 spiro atoms. The maximum atomic E-state index is 8.42. The van der Waals surface area contributed by atoms with E-state index < -0.39 is 0 Å². The molecule has 68 valence electrons. The van der Waals surface area contributed by atoms with E-state index in [4.69, 9.17) is 5.26 Å². The van der Waals surface area contributed by atoms with Crippen molar-refractivity contribution in [3.63, 3.8) is 0 Å². The summed E-state index contributed by atoms with van der Waals surface area (Å²) in [6.07, 6.45) is 3.89. The molecule has 0 aromatic heterocycles. The minimum absolute atomic E-state index is 0.505. The average Bonchev–Trinajstić information content (AvgIpc) is 2.50. The number of hydrogen-bond acceptors (Lipinski definition) is 3. The average molecular weight is 184 g/mol. The Labute approximate surface area is 78.7 Å². The summed E-state index contributed by atoms with van der Waals surface area (Å²) in [6, 6.07) is 2.73. The van der Waals surface area contributed by atoms with Crippen LogP contribution in [0.3, 0.4) is 0 Å². The number of nitrogens with zero attached hydrogens (tertiary/aromatic N) is 1. The number of hydrogen-bond donors (Lipinski definition) is 1. The highest BCUT2D eigenvalue weighted by Crippen LogP contribution is 2.29. The van der Waals surface area contributed by atoms with Gasteiger partial charge in [-0.05, 0) is 18.6 Å². The van der Waals surface area contributed by atoms with E-state index in [-0.39, 0.29) is 0 Å². The van der Waals surface area contributed by atoms with Crippen LogP contribution < -0.4 is 5.32 Å². The zero-order valence-corrected chi connectivity index (χ0v) is 8.36.